The first-order valence-electron chi connectivity index (χ1n) is 7.75. The van der Waals surface area contributed by atoms with Crippen LogP contribution in [-0.2, 0) is 6.54 Å². The summed E-state index contributed by atoms with van der Waals surface area (Å²) in [4.78, 5) is 18.1. The van der Waals surface area contributed by atoms with Gasteiger partial charge in [-0.05, 0) is 19.8 Å². The summed E-state index contributed by atoms with van der Waals surface area (Å²) in [7, 11) is 0. The molecule has 2 aromatic heterocycles. The van der Waals surface area contributed by atoms with Crippen LogP contribution in [-0.4, -0.2) is 50.1 Å². The molecule has 1 saturated heterocycles. The van der Waals surface area contributed by atoms with Crippen molar-refractivity contribution in [3.63, 3.8) is 0 Å². The number of anilines is 1. The summed E-state index contributed by atoms with van der Waals surface area (Å²) in [5.41, 5.74) is 0.213. The van der Waals surface area contributed by atoms with Crippen LogP contribution in [0, 0.1) is 6.92 Å². The largest absolute Gasteiger partial charge is 0.408 e. The summed E-state index contributed by atoms with van der Waals surface area (Å²) >= 11 is 0. The van der Waals surface area contributed by atoms with Crippen molar-refractivity contribution in [2.75, 3.05) is 18.4 Å². The first-order chi connectivity index (χ1) is 11.8. The lowest BCUT2D eigenvalue weighted by atomic mass is 9.98. The van der Waals surface area contributed by atoms with E-state index < -0.39 is 18.8 Å². The van der Waals surface area contributed by atoms with E-state index in [9.17, 15) is 18.0 Å². The summed E-state index contributed by atoms with van der Waals surface area (Å²) in [6.07, 6.45) is -0.433. The molecule has 3 rings (SSSR count). The number of aryl methyl sites for hydroxylation is 1. The van der Waals surface area contributed by atoms with Crippen LogP contribution < -0.4 is 5.32 Å². The van der Waals surface area contributed by atoms with Gasteiger partial charge in [0.2, 0.25) is 5.89 Å². The highest BCUT2D eigenvalue weighted by atomic mass is 19.4. The molecule has 0 bridgehead atoms. The van der Waals surface area contributed by atoms with E-state index in [-0.39, 0.29) is 11.6 Å². The Morgan fingerprint density at radius 2 is 2.28 bits per heavy atom. The van der Waals surface area contributed by atoms with Crippen molar-refractivity contribution in [3.05, 3.63) is 24.1 Å². The number of aromatic nitrogens is 4. The van der Waals surface area contributed by atoms with Crippen molar-refractivity contribution in [2.24, 2.45) is 0 Å². The molecule has 25 heavy (non-hydrogen) atoms. The zero-order valence-corrected chi connectivity index (χ0v) is 13.5. The molecule has 0 aromatic carbocycles. The molecule has 136 valence electrons. The molecule has 0 radical (unpaired) electrons. The Bertz CT molecular complexity index is 741. The number of urea groups is 1. The van der Waals surface area contributed by atoms with Crippen LogP contribution in [0.1, 0.15) is 30.5 Å². The van der Waals surface area contributed by atoms with Crippen molar-refractivity contribution >= 4 is 11.7 Å². The van der Waals surface area contributed by atoms with Gasteiger partial charge < -0.3 is 14.7 Å². The number of rotatable bonds is 3. The number of likely N-dealkylation sites (tertiary alicyclic amines) is 1. The topological polar surface area (TPSA) is 89.1 Å². The predicted octanol–water partition coefficient (Wildman–Crippen LogP) is 2.55. The number of carbonyl (C=O) groups is 1. The third kappa shape index (κ3) is 4.48. The van der Waals surface area contributed by atoms with Crippen molar-refractivity contribution in [3.8, 4) is 0 Å². The van der Waals surface area contributed by atoms with Crippen LogP contribution >= 0.6 is 0 Å². The fourth-order valence-corrected chi connectivity index (χ4v) is 2.74. The molecular weight excluding hydrogens is 341 g/mol. The number of nitrogens with zero attached hydrogens (tertiary/aromatic N) is 5. The highest BCUT2D eigenvalue weighted by molar-refractivity contribution is 5.89. The summed E-state index contributed by atoms with van der Waals surface area (Å²) in [5.74, 6) is 0.982. The number of hydrogen-bond donors (Lipinski definition) is 1. The Morgan fingerprint density at radius 3 is 2.96 bits per heavy atom. The molecule has 1 atom stereocenters. The Labute approximate surface area is 141 Å². The molecule has 11 heteroatoms. The number of piperidine rings is 1. The average Bonchev–Trinajstić information content (AvgIpc) is 3.15. The quantitative estimate of drug-likeness (QED) is 0.911. The molecule has 0 saturated carbocycles. The fraction of sp³-hybridized carbons (Fsp3) is 0.571. The van der Waals surface area contributed by atoms with E-state index >= 15 is 0 Å². The zero-order valence-electron chi connectivity index (χ0n) is 13.5. The van der Waals surface area contributed by atoms with Crippen LogP contribution in [0.5, 0.6) is 0 Å². The minimum Gasteiger partial charge on any atom is -0.339 e. The van der Waals surface area contributed by atoms with Crippen molar-refractivity contribution in [1.29, 1.82) is 0 Å². The number of alkyl halides is 3. The van der Waals surface area contributed by atoms with Gasteiger partial charge in [-0.3, -0.25) is 4.68 Å². The molecule has 2 aromatic rings. The van der Waals surface area contributed by atoms with Crippen LogP contribution in [0.2, 0.25) is 0 Å². The highest BCUT2D eigenvalue weighted by Gasteiger charge is 2.30. The van der Waals surface area contributed by atoms with Gasteiger partial charge in [-0.25, -0.2) is 4.79 Å². The van der Waals surface area contributed by atoms with Gasteiger partial charge >= 0.3 is 12.2 Å². The lowest BCUT2D eigenvalue weighted by molar-refractivity contribution is -0.142. The summed E-state index contributed by atoms with van der Waals surface area (Å²) < 4.78 is 42.9. The summed E-state index contributed by atoms with van der Waals surface area (Å²) in [6, 6.07) is -0.396. The molecule has 1 fully saturated rings. The molecular formula is C14H17F3N6O2. The van der Waals surface area contributed by atoms with Gasteiger partial charge in [-0.2, -0.15) is 23.3 Å². The van der Waals surface area contributed by atoms with Crippen LogP contribution in [0.4, 0.5) is 23.7 Å². The Balaban J connectivity index is 1.59. The average molecular weight is 358 g/mol. The van der Waals surface area contributed by atoms with E-state index in [1.165, 1.54) is 6.20 Å². The van der Waals surface area contributed by atoms with Gasteiger partial charge in [0.15, 0.2) is 5.82 Å². The smallest absolute Gasteiger partial charge is 0.339 e. The molecule has 0 spiro atoms. The van der Waals surface area contributed by atoms with Gasteiger partial charge in [-0.1, -0.05) is 5.16 Å². The molecule has 8 nitrogen and oxygen atoms in total. The van der Waals surface area contributed by atoms with E-state index in [0.29, 0.717) is 24.8 Å². The lowest BCUT2D eigenvalue weighted by Gasteiger charge is -2.30. The van der Waals surface area contributed by atoms with Gasteiger partial charge in [0.1, 0.15) is 6.54 Å². The second-order valence-electron chi connectivity index (χ2n) is 5.94. The molecule has 0 aliphatic carbocycles. The van der Waals surface area contributed by atoms with Crippen molar-refractivity contribution < 1.29 is 22.5 Å². The maximum atomic E-state index is 12.3. The van der Waals surface area contributed by atoms with E-state index in [4.69, 9.17) is 4.52 Å². The lowest BCUT2D eigenvalue weighted by Crippen LogP contribution is -2.41. The van der Waals surface area contributed by atoms with Crippen LogP contribution in [0.3, 0.4) is 0 Å². The number of nitrogens with one attached hydrogen (secondary N) is 1. The maximum Gasteiger partial charge on any atom is 0.408 e. The molecule has 1 N–H and O–H groups in total. The van der Waals surface area contributed by atoms with Crippen molar-refractivity contribution in [1.82, 2.24) is 24.8 Å². The highest BCUT2D eigenvalue weighted by Crippen LogP contribution is 2.26. The van der Waals surface area contributed by atoms with E-state index in [2.05, 4.69) is 20.6 Å². The monoisotopic (exact) mass is 358 g/mol. The van der Waals surface area contributed by atoms with E-state index in [0.717, 1.165) is 23.7 Å². The molecule has 1 unspecified atom stereocenters. The first kappa shape index (κ1) is 17.2. The van der Waals surface area contributed by atoms with Gasteiger partial charge in [0.05, 0.1) is 17.8 Å². The van der Waals surface area contributed by atoms with Crippen LogP contribution in [0.25, 0.3) is 0 Å². The van der Waals surface area contributed by atoms with Crippen molar-refractivity contribution in [2.45, 2.75) is 38.4 Å². The number of amides is 2. The summed E-state index contributed by atoms with van der Waals surface area (Å²) in [6.45, 7) is 1.47. The summed E-state index contributed by atoms with van der Waals surface area (Å²) in [5, 5.41) is 9.91. The van der Waals surface area contributed by atoms with Crippen LogP contribution in [0.15, 0.2) is 16.9 Å². The van der Waals surface area contributed by atoms with E-state index in [1.54, 1.807) is 11.8 Å². The van der Waals surface area contributed by atoms with Gasteiger partial charge in [0.25, 0.3) is 0 Å². The SMILES string of the molecule is Cc1noc(C2CCCN(C(=O)Nc3cnn(CC(F)(F)F)c3)C2)n1. The second kappa shape index (κ2) is 6.73. The maximum absolute atomic E-state index is 12.3. The predicted molar refractivity (Wildman–Crippen MR) is 79.9 cm³/mol. The minimum atomic E-state index is -4.37. The number of hydrogen-bond acceptors (Lipinski definition) is 5. The molecule has 1 aliphatic rings. The third-order valence-electron chi connectivity index (χ3n) is 3.83. The normalized spacial score (nSPS) is 18.4. The van der Waals surface area contributed by atoms with Gasteiger partial charge in [0, 0.05) is 19.3 Å². The molecule has 3 heterocycles. The fourth-order valence-electron chi connectivity index (χ4n) is 2.74. The zero-order chi connectivity index (χ0) is 18.0. The third-order valence-corrected chi connectivity index (χ3v) is 3.83. The Kier molecular flexibility index (Phi) is 4.64. The minimum absolute atomic E-state index is 0.0475. The standard InChI is InChI=1S/C14H17F3N6O2/c1-9-19-12(25-21-9)10-3-2-4-22(6-10)13(24)20-11-5-18-23(7-11)8-14(15,16)17/h5,7,10H,2-4,6,8H2,1H3,(H,20,24). The molecule has 2 amide bonds. The molecule has 1 aliphatic heterocycles. The number of halogens is 3. The van der Waals surface area contributed by atoms with E-state index in [1.807, 2.05) is 0 Å². The number of carbonyl (C=O) groups excluding carboxylic acids is 1. The van der Waals surface area contributed by atoms with Gasteiger partial charge in [-0.15, -0.1) is 0 Å². The second-order valence-corrected chi connectivity index (χ2v) is 5.94. The Morgan fingerprint density at radius 1 is 1.48 bits per heavy atom. The first-order valence-corrected chi connectivity index (χ1v) is 7.75. The Hall–Kier alpha value is -2.59.